The number of rotatable bonds is 7. The number of nitro groups is 1. The third-order valence-corrected chi connectivity index (χ3v) is 4.36. The van der Waals surface area contributed by atoms with Crippen LogP contribution in [0.5, 0.6) is 5.88 Å². The molecule has 0 bridgehead atoms. The molecule has 0 aliphatic carbocycles. The summed E-state index contributed by atoms with van der Waals surface area (Å²) in [7, 11) is -3.79. The minimum Gasteiger partial charge on any atom is -0.478 e. The Balaban J connectivity index is 2.14. The molecule has 0 aliphatic rings. The van der Waals surface area contributed by atoms with Crippen LogP contribution in [0.25, 0.3) is 0 Å². The van der Waals surface area contributed by atoms with Crippen molar-refractivity contribution in [2.45, 2.75) is 18.4 Å². The molecule has 0 aliphatic heterocycles. The number of hydrogen-bond donors (Lipinski definition) is 1. The highest BCUT2D eigenvalue weighted by Gasteiger charge is 2.16. The third-order valence-electron chi connectivity index (χ3n) is 2.94. The van der Waals surface area contributed by atoms with E-state index in [4.69, 9.17) is 4.74 Å². The maximum atomic E-state index is 12.2. The SMILES string of the molecule is CCOc1ncccc1CNS(=O)(=O)c1ccc([N+](=O)[O-])cc1. The molecule has 1 aromatic heterocycles. The molecule has 8 nitrogen and oxygen atoms in total. The van der Waals surface area contributed by atoms with Crippen molar-refractivity contribution in [3.8, 4) is 5.88 Å². The van der Waals surface area contributed by atoms with Crippen molar-refractivity contribution in [3.63, 3.8) is 0 Å². The fourth-order valence-electron chi connectivity index (χ4n) is 1.83. The molecule has 0 amide bonds. The summed E-state index contributed by atoms with van der Waals surface area (Å²) in [5.74, 6) is 0.362. The van der Waals surface area contributed by atoms with Gasteiger partial charge >= 0.3 is 0 Å². The van der Waals surface area contributed by atoms with Crippen LogP contribution >= 0.6 is 0 Å². The highest BCUT2D eigenvalue weighted by molar-refractivity contribution is 7.89. The highest BCUT2D eigenvalue weighted by atomic mass is 32.2. The summed E-state index contributed by atoms with van der Waals surface area (Å²) in [6, 6.07) is 8.04. The van der Waals surface area contributed by atoms with E-state index in [1.54, 1.807) is 25.3 Å². The summed E-state index contributed by atoms with van der Waals surface area (Å²) in [6.45, 7) is 2.22. The summed E-state index contributed by atoms with van der Waals surface area (Å²) >= 11 is 0. The van der Waals surface area contributed by atoms with Gasteiger partial charge in [0.1, 0.15) is 0 Å². The van der Waals surface area contributed by atoms with E-state index in [9.17, 15) is 18.5 Å². The van der Waals surface area contributed by atoms with Gasteiger partial charge in [0.05, 0.1) is 16.4 Å². The van der Waals surface area contributed by atoms with Gasteiger partial charge in [0.25, 0.3) is 5.69 Å². The molecule has 0 fully saturated rings. The first-order valence-electron chi connectivity index (χ1n) is 6.75. The second kappa shape index (κ2) is 7.16. The van der Waals surface area contributed by atoms with Crippen LogP contribution in [0, 0.1) is 10.1 Å². The first-order chi connectivity index (χ1) is 10.9. The fourth-order valence-corrected chi connectivity index (χ4v) is 2.84. The van der Waals surface area contributed by atoms with Gasteiger partial charge in [-0.3, -0.25) is 10.1 Å². The quantitative estimate of drug-likeness (QED) is 0.610. The molecule has 122 valence electrons. The molecule has 0 saturated heterocycles. The number of pyridine rings is 1. The van der Waals surface area contributed by atoms with Gasteiger partial charge in [0.2, 0.25) is 15.9 Å². The second-order valence-corrected chi connectivity index (χ2v) is 6.24. The molecule has 2 rings (SSSR count). The molecule has 0 radical (unpaired) electrons. The van der Waals surface area contributed by atoms with Gasteiger partial charge in [-0.1, -0.05) is 6.07 Å². The zero-order chi connectivity index (χ0) is 16.9. The van der Waals surface area contributed by atoms with Crippen molar-refractivity contribution < 1.29 is 18.1 Å². The van der Waals surface area contributed by atoms with Crippen molar-refractivity contribution >= 4 is 15.7 Å². The van der Waals surface area contributed by atoms with Gasteiger partial charge in [-0.25, -0.2) is 18.1 Å². The lowest BCUT2D eigenvalue weighted by atomic mass is 10.3. The van der Waals surface area contributed by atoms with E-state index in [1.807, 2.05) is 0 Å². The van der Waals surface area contributed by atoms with Gasteiger partial charge in [-0.15, -0.1) is 0 Å². The van der Waals surface area contributed by atoms with Crippen LogP contribution in [0.4, 0.5) is 5.69 Å². The Bertz CT molecular complexity index is 790. The molecule has 1 heterocycles. The average molecular weight is 337 g/mol. The molecular weight excluding hydrogens is 322 g/mol. The Morgan fingerprint density at radius 1 is 1.26 bits per heavy atom. The summed E-state index contributed by atoms with van der Waals surface area (Å²) in [6.07, 6.45) is 1.55. The molecular formula is C14H15N3O5S. The smallest absolute Gasteiger partial charge is 0.269 e. The predicted octanol–water partition coefficient (Wildman–Crippen LogP) is 1.87. The predicted molar refractivity (Wildman–Crippen MR) is 82.5 cm³/mol. The first kappa shape index (κ1) is 16.8. The Kier molecular flexibility index (Phi) is 5.24. The molecule has 1 aromatic carbocycles. The maximum Gasteiger partial charge on any atom is 0.269 e. The number of benzene rings is 1. The highest BCUT2D eigenvalue weighted by Crippen LogP contribution is 2.18. The number of nitrogens with one attached hydrogen (secondary N) is 1. The normalized spacial score (nSPS) is 11.2. The zero-order valence-corrected chi connectivity index (χ0v) is 13.1. The average Bonchev–Trinajstić information content (AvgIpc) is 2.54. The Morgan fingerprint density at radius 3 is 2.57 bits per heavy atom. The summed E-state index contributed by atoms with van der Waals surface area (Å²) in [5, 5.41) is 10.6. The maximum absolute atomic E-state index is 12.2. The Morgan fingerprint density at radius 2 is 1.96 bits per heavy atom. The van der Waals surface area contributed by atoms with E-state index in [-0.39, 0.29) is 17.1 Å². The molecule has 9 heteroatoms. The number of ether oxygens (including phenoxy) is 1. The summed E-state index contributed by atoms with van der Waals surface area (Å²) in [4.78, 5) is 14.0. The number of sulfonamides is 1. The molecule has 0 saturated carbocycles. The topological polar surface area (TPSA) is 111 Å². The van der Waals surface area contributed by atoms with E-state index >= 15 is 0 Å². The van der Waals surface area contributed by atoms with E-state index in [2.05, 4.69) is 9.71 Å². The minimum atomic E-state index is -3.79. The molecule has 23 heavy (non-hydrogen) atoms. The Hall–Kier alpha value is -2.52. The van der Waals surface area contributed by atoms with Crippen molar-refractivity contribution in [2.75, 3.05) is 6.61 Å². The van der Waals surface area contributed by atoms with Crippen LogP contribution in [0.3, 0.4) is 0 Å². The number of non-ortho nitro benzene ring substituents is 1. The third kappa shape index (κ3) is 4.24. The lowest BCUT2D eigenvalue weighted by Crippen LogP contribution is -2.23. The second-order valence-electron chi connectivity index (χ2n) is 4.48. The van der Waals surface area contributed by atoms with Crippen molar-refractivity contribution in [1.29, 1.82) is 0 Å². The van der Waals surface area contributed by atoms with Gasteiger partial charge in [-0.05, 0) is 25.1 Å². The number of nitrogens with zero attached hydrogens (tertiary/aromatic N) is 2. The largest absolute Gasteiger partial charge is 0.478 e. The number of aromatic nitrogens is 1. The lowest BCUT2D eigenvalue weighted by molar-refractivity contribution is -0.384. The zero-order valence-electron chi connectivity index (χ0n) is 12.3. The van der Waals surface area contributed by atoms with Crippen LogP contribution in [-0.2, 0) is 16.6 Å². The molecule has 2 aromatic rings. The summed E-state index contributed by atoms with van der Waals surface area (Å²) in [5.41, 5.74) is 0.426. The fraction of sp³-hybridized carbons (Fsp3) is 0.214. The number of hydrogen-bond acceptors (Lipinski definition) is 6. The van der Waals surface area contributed by atoms with Crippen LogP contribution < -0.4 is 9.46 Å². The lowest BCUT2D eigenvalue weighted by Gasteiger charge is -2.10. The number of nitro benzene ring substituents is 1. The Labute approximate surface area is 133 Å². The van der Waals surface area contributed by atoms with Crippen molar-refractivity contribution in [1.82, 2.24) is 9.71 Å². The first-order valence-corrected chi connectivity index (χ1v) is 8.23. The van der Waals surface area contributed by atoms with Crippen LogP contribution in [0.15, 0.2) is 47.5 Å². The van der Waals surface area contributed by atoms with Crippen molar-refractivity contribution in [3.05, 3.63) is 58.3 Å². The molecule has 0 unspecified atom stereocenters. The molecule has 0 spiro atoms. The van der Waals surface area contributed by atoms with Crippen LogP contribution in [0.1, 0.15) is 12.5 Å². The van der Waals surface area contributed by atoms with Gasteiger partial charge in [0.15, 0.2) is 0 Å². The van der Waals surface area contributed by atoms with Gasteiger partial charge < -0.3 is 4.74 Å². The van der Waals surface area contributed by atoms with E-state index < -0.39 is 14.9 Å². The molecule has 1 N–H and O–H groups in total. The minimum absolute atomic E-state index is 0.00247. The standard InChI is InChI=1S/C14H15N3O5S/c1-2-22-14-11(4-3-9-15-14)10-16-23(20,21)13-7-5-12(6-8-13)17(18)19/h3-9,16H,2,10H2,1H3. The van der Waals surface area contributed by atoms with Crippen LogP contribution in [0.2, 0.25) is 0 Å². The van der Waals surface area contributed by atoms with Crippen LogP contribution in [-0.4, -0.2) is 24.9 Å². The van der Waals surface area contributed by atoms with Crippen molar-refractivity contribution in [2.24, 2.45) is 0 Å². The van der Waals surface area contributed by atoms with E-state index in [0.717, 1.165) is 12.1 Å². The van der Waals surface area contributed by atoms with Gasteiger partial charge in [-0.2, -0.15) is 0 Å². The summed E-state index contributed by atoms with van der Waals surface area (Å²) < 4.78 is 32.2. The van der Waals surface area contributed by atoms with Gasteiger partial charge in [0, 0.05) is 30.4 Å². The van der Waals surface area contributed by atoms with E-state index in [0.29, 0.717) is 18.1 Å². The van der Waals surface area contributed by atoms with E-state index in [1.165, 1.54) is 12.1 Å². The monoisotopic (exact) mass is 337 g/mol. The molecule has 0 atom stereocenters.